The van der Waals surface area contributed by atoms with E-state index in [1.807, 2.05) is 31.2 Å². The molecule has 5 nitrogen and oxygen atoms in total. The number of hydrogen-bond donors (Lipinski definition) is 1. The zero-order chi connectivity index (χ0) is 24.7. The summed E-state index contributed by atoms with van der Waals surface area (Å²) in [7, 11) is -4.03. The van der Waals surface area contributed by atoms with E-state index in [9.17, 15) is 13.2 Å². The van der Waals surface area contributed by atoms with Gasteiger partial charge in [0, 0.05) is 16.1 Å². The summed E-state index contributed by atoms with van der Waals surface area (Å²) in [6, 6.07) is 21.7. The fourth-order valence-electron chi connectivity index (χ4n) is 4.68. The van der Waals surface area contributed by atoms with Crippen LogP contribution in [0.3, 0.4) is 0 Å². The molecule has 0 heterocycles. The molecular formula is C28H25ClN2O3S. The van der Waals surface area contributed by atoms with Crippen LogP contribution in [0.5, 0.6) is 0 Å². The monoisotopic (exact) mass is 504 g/mol. The number of benzene rings is 4. The van der Waals surface area contributed by atoms with Gasteiger partial charge in [-0.2, -0.15) is 0 Å². The number of anilines is 2. The van der Waals surface area contributed by atoms with Crippen LogP contribution >= 0.6 is 11.6 Å². The van der Waals surface area contributed by atoms with Gasteiger partial charge < -0.3 is 5.32 Å². The van der Waals surface area contributed by atoms with Crippen molar-refractivity contribution in [2.24, 2.45) is 0 Å². The minimum Gasteiger partial charge on any atom is -0.324 e. The van der Waals surface area contributed by atoms with Crippen molar-refractivity contribution in [2.45, 2.75) is 31.6 Å². The maximum absolute atomic E-state index is 13.7. The fraction of sp³-hybridized carbons (Fsp3) is 0.179. The van der Waals surface area contributed by atoms with Gasteiger partial charge in [0.1, 0.15) is 6.54 Å². The Morgan fingerprint density at radius 2 is 1.60 bits per heavy atom. The van der Waals surface area contributed by atoms with Gasteiger partial charge in [0.25, 0.3) is 10.0 Å². The van der Waals surface area contributed by atoms with E-state index in [2.05, 4.69) is 11.4 Å². The predicted octanol–water partition coefficient (Wildman–Crippen LogP) is 6.04. The van der Waals surface area contributed by atoms with Crippen molar-refractivity contribution in [1.82, 2.24) is 0 Å². The van der Waals surface area contributed by atoms with Crippen molar-refractivity contribution in [3.63, 3.8) is 0 Å². The number of nitrogens with zero attached hydrogens (tertiary/aromatic N) is 1. The number of carbonyl (C=O) groups is 1. The molecule has 0 aliphatic heterocycles. The Morgan fingerprint density at radius 3 is 2.34 bits per heavy atom. The number of carbonyl (C=O) groups excluding carboxylic acids is 1. The third-order valence-electron chi connectivity index (χ3n) is 6.55. The van der Waals surface area contributed by atoms with Gasteiger partial charge in [0.05, 0.1) is 10.6 Å². The van der Waals surface area contributed by atoms with Crippen LogP contribution < -0.4 is 9.62 Å². The molecule has 4 aromatic rings. The molecule has 0 atom stereocenters. The molecule has 7 heteroatoms. The Balaban J connectivity index is 1.52. The van der Waals surface area contributed by atoms with E-state index in [1.165, 1.54) is 16.5 Å². The minimum atomic E-state index is -4.03. The quantitative estimate of drug-likeness (QED) is 0.348. The van der Waals surface area contributed by atoms with Crippen LogP contribution in [-0.4, -0.2) is 20.9 Å². The Morgan fingerprint density at radius 1 is 0.914 bits per heavy atom. The number of sulfonamides is 1. The molecule has 0 fully saturated rings. The first kappa shape index (κ1) is 23.4. The molecule has 1 aliphatic carbocycles. The van der Waals surface area contributed by atoms with E-state index in [0.29, 0.717) is 22.0 Å². The third-order valence-corrected chi connectivity index (χ3v) is 8.74. The van der Waals surface area contributed by atoms with E-state index in [4.69, 9.17) is 11.6 Å². The zero-order valence-electron chi connectivity index (χ0n) is 19.5. The first-order valence-electron chi connectivity index (χ1n) is 11.4. The SMILES string of the molecule is Cc1ccc(S(=O)(=O)N(CC(=O)Nc2ccc3c4c(cccc24)CC3)c2cccc(Cl)c2C)cc1. The zero-order valence-corrected chi connectivity index (χ0v) is 21.1. The van der Waals surface area contributed by atoms with Crippen molar-refractivity contribution in [2.75, 3.05) is 16.2 Å². The second-order valence-corrected chi connectivity index (χ2v) is 11.1. The van der Waals surface area contributed by atoms with E-state index in [1.54, 1.807) is 49.4 Å². The van der Waals surface area contributed by atoms with Crippen molar-refractivity contribution < 1.29 is 13.2 Å². The molecule has 0 aromatic heterocycles. The molecular weight excluding hydrogens is 480 g/mol. The van der Waals surface area contributed by atoms with E-state index >= 15 is 0 Å². The van der Waals surface area contributed by atoms with Crippen LogP contribution in [-0.2, 0) is 27.7 Å². The summed E-state index contributed by atoms with van der Waals surface area (Å²) in [5, 5.41) is 5.54. The summed E-state index contributed by atoms with van der Waals surface area (Å²) < 4.78 is 28.5. The van der Waals surface area contributed by atoms with Crippen LogP contribution in [0.1, 0.15) is 22.3 Å². The van der Waals surface area contributed by atoms with E-state index in [0.717, 1.165) is 28.1 Å². The van der Waals surface area contributed by atoms with Gasteiger partial charge >= 0.3 is 0 Å². The van der Waals surface area contributed by atoms with Crippen LogP contribution in [0.4, 0.5) is 11.4 Å². The van der Waals surface area contributed by atoms with Gasteiger partial charge in [-0.15, -0.1) is 0 Å². The predicted molar refractivity (Wildman–Crippen MR) is 142 cm³/mol. The highest BCUT2D eigenvalue weighted by atomic mass is 35.5. The molecule has 0 radical (unpaired) electrons. The average molecular weight is 505 g/mol. The topological polar surface area (TPSA) is 66.5 Å². The molecule has 1 aliphatic rings. The minimum absolute atomic E-state index is 0.112. The lowest BCUT2D eigenvalue weighted by Gasteiger charge is -2.26. The van der Waals surface area contributed by atoms with Gasteiger partial charge in [-0.1, -0.05) is 59.6 Å². The highest BCUT2D eigenvalue weighted by Crippen LogP contribution is 2.35. The van der Waals surface area contributed by atoms with E-state index < -0.39 is 15.9 Å². The van der Waals surface area contributed by atoms with Crippen molar-refractivity contribution >= 4 is 49.7 Å². The Labute approximate surface area is 210 Å². The smallest absolute Gasteiger partial charge is 0.264 e. The normalized spacial score (nSPS) is 12.7. The lowest BCUT2D eigenvalue weighted by atomic mass is 10.0. The summed E-state index contributed by atoms with van der Waals surface area (Å²) in [5.74, 6) is -0.432. The summed E-state index contributed by atoms with van der Waals surface area (Å²) >= 11 is 6.32. The second kappa shape index (κ2) is 9.02. The highest BCUT2D eigenvalue weighted by molar-refractivity contribution is 7.92. The van der Waals surface area contributed by atoms with Gasteiger partial charge in [-0.25, -0.2) is 8.42 Å². The summed E-state index contributed by atoms with van der Waals surface area (Å²) in [6.45, 7) is 3.25. The Bertz CT molecular complexity index is 1550. The first-order valence-corrected chi connectivity index (χ1v) is 13.3. The van der Waals surface area contributed by atoms with Crippen LogP contribution in [0, 0.1) is 13.8 Å². The molecule has 0 saturated heterocycles. The second-order valence-electron chi connectivity index (χ2n) is 8.87. The van der Waals surface area contributed by atoms with Crippen molar-refractivity contribution in [3.8, 4) is 0 Å². The molecule has 4 aromatic carbocycles. The van der Waals surface area contributed by atoms with Crippen molar-refractivity contribution in [1.29, 1.82) is 0 Å². The number of rotatable bonds is 6. The molecule has 0 spiro atoms. The maximum Gasteiger partial charge on any atom is 0.264 e. The molecule has 1 amide bonds. The van der Waals surface area contributed by atoms with E-state index in [-0.39, 0.29) is 11.4 Å². The summed E-state index contributed by atoms with van der Waals surface area (Å²) in [5.41, 5.74) is 5.11. The first-order chi connectivity index (χ1) is 16.8. The average Bonchev–Trinajstić information content (AvgIpc) is 3.26. The number of nitrogens with one attached hydrogen (secondary N) is 1. The van der Waals surface area contributed by atoms with Gasteiger partial charge in [-0.05, 0) is 79.1 Å². The third kappa shape index (κ3) is 4.28. The number of halogens is 1. The lowest BCUT2D eigenvalue weighted by Crippen LogP contribution is -2.38. The van der Waals surface area contributed by atoms with Gasteiger partial charge in [-0.3, -0.25) is 9.10 Å². The molecule has 0 bridgehead atoms. The Hall–Kier alpha value is -3.35. The number of aryl methyl sites for hydroxylation is 3. The van der Waals surface area contributed by atoms with Gasteiger partial charge in [0.15, 0.2) is 0 Å². The van der Waals surface area contributed by atoms with Crippen LogP contribution in [0.15, 0.2) is 77.7 Å². The number of amides is 1. The summed E-state index contributed by atoms with van der Waals surface area (Å²) in [4.78, 5) is 13.4. The largest absolute Gasteiger partial charge is 0.324 e. The van der Waals surface area contributed by atoms with Crippen molar-refractivity contribution in [3.05, 3.63) is 100 Å². The molecule has 0 saturated carbocycles. The standard InChI is InChI=1S/C28H25ClN2O3S/c1-18-9-14-22(15-10-18)35(33,34)31(26-8-4-7-24(29)19(26)2)17-27(32)30-25-16-13-21-12-11-20-5-3-6-23(25)28(20)21/h3-10,13-16H,11-12,17H2,1-2H3,(H,30,32). The fourth-order valence-corrected chi connectivity index (χ4v) is 6.33. The lowest BCUT2D eigenvalue weighted by molar-refractivity contribution is -0.114. The molecule has 35 heavy (non-hydrogen) atoms. The molecule has 178 valence electrons. The Kier molecular flexibility index (Phi) is 6.03. The summed E-state index contributed by atoms with van der Waals surface area (Å²) in [6.07, 6.45) is 1.97. The maximum atomic E-state index is 13.7. The van der Waals surface area contributed by atoms with Crippen LogP contribution in [0.25, 0.3) is 10.8 Å². The van der Waals surface area contributed by atoms with Crippen LogP contribution in [0.2, 0.25) is 5.02 Å². The highest BCUT2D eigenvalue weighted by Gasteiger charge is 2.29. The molecule has 1 N–H and O–H groups in total. The molecule has 5 rings (SSSR count). The van der Waals surface area contributed by atoms with Gasteiger partial charge in [0.2, 0.25) is 5.91 Å². The molecule has 0 unspecified atom stereocenters. The number of hydrogen-bond acceptors (Lipinski definition) is 3.